The third-order valence-corrected chi connectivity index (χ3v) is 2.53. The number of carbonyl (C=O) groups excluding carboxylic acids is 2. The second-order valence-corrected chi connectivity index (χ2v) is 4.26. The molecule has 0 aliphatic carbocycles. The summed E-state index contributed by atoms with van der Waals surface area (Å²) in [5.74, 6) is -0.0772. The molecule has 0 aromatic carbocycles. The van der Waals surface area contributed by atoms with Crippen molar-refractivity contribution in [2.24, 2.45) is 0 Å². The number of esters is 1. The van der Waals surface area contributed by atoms with E-state index in [1.807, 2.05) is 13.8 Å². The Morgan fingerprint density at radius 3 is 3.00 bits per heavy atom. The van der Waals surface area contributed by atoms with Crippen LogP contribution in [0, 0.1) is 0 Å². The van der Waals surface area contributed by atoms with Crippen LogP contribution >= 0.6 is 0 Å². The molecule has 6 nitrogen and oxygen atoms in total. The van der Waals surface area contributed by atoms with Crippen LogP contribution in [0.2, 0.25) is 0 Å². The molecule has 0 saturated carbocycles. The zero-order valence-electron chi connectivity index (χ0n) is 9.73. The first-order valence-electron chi connectivity index (χ1n) is 5.49. The van der Waals surface area contributed by atoms with Crippen molar-refractivity contribution in [1.82, 2.24) is 10.3 Å². The summed E-state index contributed by atoms with van der Waals surface area (Å²) in [5, 5.41) is 2.60. The van der Waals surface area contributed by atoms with Crippen molar-refractivity contribution >= 4 is 11.9 Å². The van der Waals surface area contributed by atoms with E-state index in [4.69, 9.17) is 9.15 Å². The van der Waals surface area contributed by atoms with E-state index in [2.05, 4.69) is 10.3 Å². The van der Waals surface area contributed by atoms with Crippen LogP contribution in [0.4, 0.5) is 0 Å². The highest BCUT2D eigenvalue weighted by Crippen LogP contribution is 2.20. The molecule has 1 aliphatic rings. The summed E-state index contributed by atoms with van der Waals surface area (Å²) in [6.45, 7) is 4.16. The van der Waals surface area contributed by atoms with Crippen LogP contribution in [0.25, 0.3) is 0 Å². The fraction of sp³-hybridized carbons (Fsp3) is 0.545. The average Bonchev–Trinajstić information content (AvgIpc) is 2.86. The number of amides is 1. The second kappa shape index (κ2) is 4.57. The third-order valence-electron chi connectivity index (χ3n) is 2.53. The van der Waals surface area contributed by atoms with Gasteiger partial charge in [-0.15, -0.1) is 0 Å². The maximum absolute atomic E-state index is 11.8. The molecule has 1 saturated heterocycles. The highest BCUT2D eigenvalue weighted by Gasteiger charge is 2.28. The van der Waals surface area contributed by atoms with Gasteiger partial charge in [0.25, 0.3) is 0 Å². The van der Waals surface area contributed by atoms with Gasteiger partial charge in [-0.05, 0) is 0 Å². The predicted octanol–water partition coefficient (Wildman–Crippen LogP) is 0.843. The lowest BCUT2D eigenvalue weighted by Gasteiger charge is -2.09. The monoisotopic (exact) mass is 238 g/mol. The maximum atomic E-state index is 11.8. The smallest absolute Gasteiger partial charge is 0.360 e. The summed E-state index contributed by atoms with van der Waals surface area (Å²) < 4.78 is 10.3. The molecule has 1 aliphatic heterocycles. The lowest BCUT2D eigenvalue weighted by atomic mass is 10.1. The largest absolute Gasteiger partial charge is 0.455 e. The van der Waals surface area contributed by atoms with Crippen LogP contribution in [0.15, 0.2) is 10.8 Å². The number of hydrogen-bond acceptors (Lipinski definition) is 5. The molecule has 1 fully saturated rings. The van der Waals surface area contributed by atoms with E-state index in [-0.39, 0.29) is 23.9 Å². The summed E-state index contributed by atoms with van der Waals surface area (Å²) in [6, 6.07) is 0. The third kappa shape index (κ3) is 2.46. The zero-order valence-corrected chi connectivity index (χ0v) is 9.73. The molecule has 92 valence electrons. The van der Waals surface area contributed by atoms with Crippen molar-refractivity contribution in [2.75, 3.05) is 6.54 Å². The summed E-state index contributed by atoms with van der Waals surface area (Å²) in [6.07, 6.45) is 1.02. The van der Waals surface area contributed by atoms with Crippen LogP contribution < -0.4 is 5.32 Å². The summed E-state index contributed by atoms with van der Waals surface area (Å²) in [7, 11) is 0. The van der Waals surface area contributed by atoms with Crippen LogP contribution in [0.5, 0.6) is 0 Å². The molecule has 1 aromatic rings. The van der Waals surface area contributed by atoms with Gasteiger partial charge in [0.2, 0.25) is 5.91 Å². The molecule has 1 atom stereocenters. The SMILES string of the molecule is CC(C)c1ocnc1C(=O)O[C@H]1CNC(=O)C1. The van der Waals surface area contributed by atoms with Crippen LogP contribution in [0.1, 0.15) is 42.4 Å². The van der Waals surface area contributed by atoms with Gasteiger partial charge in [-0.2, -0.15) is 0 Å². The van der Waals surface area contributed by atoms with Crippen LogP contribution in [-0.4, -0.2) is 29.5 Å². The maximum Gasteiger partial charge on any atom is 0.360 e. The van der Waals surface area contributed by atoms with Gasteiger partial charge in [-0.3, -0.25) is 4.79 Å². The van der Waals surface area contributed by atoms with Crippen molar-refractivity contribution in [3.63, 3.8) is 0 Å². The van der Waals surface area contributed by atoms with Gasteiger partial charge < -0.3 is 14.5 Å². The number of nitrogens with one attached hydrogen (secondary N) is 1. The van der Waals surface area contributed by atoms with Gasteiger partial charge in [-0.1, -0.05) is 13.8 Å². The van der Waals surface area contributed by atoms with Crippen molar-refractivity contribution in [2.45, 2.75) is 32.3 Å². The standard InChI is InChI=1S/C11H14N2O4/c1-6(2)10-9(13-5-16-10)11(15)17-7-3-8(14)12-4-7/h5-7H,3-4H2,1-2H3,(H,12,14)/t7-/m1/s1. The second-order valence-electron chi connectivity index (χ2n) is 4.26. The van der Waals surface area contributed by atoms with Crippen LogP contribution in [-0.2, 0) is 9.53 Å². The predicted molar refractivity (Wildman–Crippen MR) is 57.4 cm³/mol. The molecular formula is C11H14N2O4. The molecule has 2 rings (SSSR count). The van der Waals surface area contributed by atoms with E-state index in [1.54, 1.807) is 0 Å². The molecule has 2 heterocycles. The first kappa shape index (κ1) is 11.6. The molecule has 0 bridgehead atoms. The molecular weight excluding hydrogens is 224 g/mol. The van der Waals surface area contributed by atoms with Crippen molar-refractivity contribution in [3.05, 3.63) is 17.8 Å². The Kier molecular flexibility index (Phi) is 3.12. The number of nitrogens with zero attached hydrogens (tertiary/aromatic N) is 1. The quantitative estimate of drug-likeness (QED) is 0.789. The Balaban J connectivity index is 2.04. The number of aromatic nitrogens is 1. The molecule has 1 aromatic heterocycles. The lowest BCUT2D eigenvalue weighted by molar-refractivity contribution is -0.119. The van der Waals surface area contributed by atoms with Gasteiger partial charge in [0.1, 0.15) is 11.9 Å². The summed E-state index contributed by atoms with van der Waals surface area (Å²) in [5.41, 5.74) is 0.194. The molecule has 0 unspecified atom stereocenters. The first-order valence-corrected chi connectivity index (χ1v) is 5.49. The molecule has 0 spiro atoms. The van der Waals surface area contributed by atoms with E-state index in [9.17, 15) is 9.59 Å². The Labute approximate surface area is 98.3 Å². The van der Waals surface area contributed by atoms with Gasteiger partial charge >= 0.3 is 5.97 Å². The van der Waals surface area contributed by atoms with Gasteiger partial charge in [-0.25, -0.2) is 9.78 Å². The van der Waals surface area contributed by atoms with E-state index < -0.39 is 12.1 Å². The Bertz CT molecular complexity index is 438. The number of rotatable bonds is 3. The average molecular weight is 238 g/mol. The fourth-order valence-corrected chi connectivity index (χ4v) is 1.69. The normalized spacial score (nSPS) is 19.5. The van der Waals surface area contributed by atoms with E-state index >= 15 is 0 Å². The van der Waals surface area contributed by atoms with E-state index in [0.717, 1.165) is 0 Å². The van der Waals surface area contributed by atoms with E-state index in [1.165, 1.54) is 6.39 Å². The van der Waals surface area contributed by atoms with Gasteiger partial charge in [0, 0.05) is 5.92 Å². The van der Waals surface area contributed by atoms with Gasteiger partial charge in [0.15, 0.2) is 12.1 Å². The molecule has 1 N–H and O–H groups in total. The fourth-order valence-electron chi connectivity index (χ4n) is 1.69. The number of oxazole rings is 1. The van der Waals surface area contributed by atoms with Gasteiger partial charge in [0.05, 0.1) is 13.0 Å². The van der Waals surface area contributed by atoms with Crippen LogP contribution in [0.3, 0.4) is 0 Å². The Morgan fingerprint density at radius 2 is 2.41 bits per heavy atom. The topological polar surface area (TPSA) is 81.4 Å². The number of hydrogen-bond donors (Lipinski definition) is 1. The molecule has 17 heavy (non-hydrogen) atoms. The van der Waals surface area contributed by atoms with Crippen molar-refractivity contribution in [1.29, 1.82) is 0 Å². The summed E-state index contributed by atoms with van der Waals surface area (Å²) >= 11 is 0. The molecule has 0 radical (unpaired) electrons. The Hall–Kier alpha value is -1.85. The molecule has 1 amide bonds. The van der Waals surface area contributed by atoms with Crippen molar-refractivity contribution in [3.8, 4) is 0 Å². The highest BCUT2D eigenvalue weighted by atomic mass is 16.5. The Morgan fingerprint density at radius 1 is 1.65 bits per heavy atom. The van der Waals surface area contributed by atoms with E-state index in [0.29, 0.717) is 12.3 Å². The number of carbonyl (C=O) groups is 2. The minimum Gasteiger partial charge on any atom is -0.455 e. The summed E-state index contributed by atoms with van der Waals surface area (Å²) in [4.78, 5) is 26.6. The number of ether oxygens (including phenoxy) is 1. The highest BCUT2D eigenvalue weighted by molar-refractivity contribution is 5.89. The molecule has 6 heteroatoms. The first-order chi connectivity index (χ1) is 8.08. The minimum atomic E-state index is -0.538. The minimum absolute atomic E-state index is 0.0587. The van der Waals surface area contributed by atoms with Crippen molar-refractivity contribution < 1.29 is 18.7 Å². The lowest BCUT2D eigenvalue weighted by Crippen LogP contribution is -2.22. The zero-order chi connectivity index (χ0) is 12.4.